The second-order valence-corrected chi connectivity index (χ2v) is 8.84. The summed E-state index contributed by atoms with van der Waals surface area (Å²) in [4.78, 5) is 29.2. The summed E-state index contributed by atoms with van der Waals surface area (Å²) >= 11 is 0. The summed E-state index contributed by atoms with van der Waals surface area (Å²) in [6, 6.07) is 14.1. The molecule has 1 aromatic heterocycles. The average Bonchev–Trinajstić information content (AvgIpc) is 3.48. The maximum absolute atomic E-state index is 13.5. The van der Waals surface area contributed by atoms with Gasteiger partial charge in [-0.2, -0.15) is 0 Å². The highest BCUT2D eigenvalue weighted by Gasteiger charge is 2.24. The number of benzene rings is 1. The Kier molecular flexibility index (Phi) is 10.6. The third kappa shape index (κ3) is 8.95. The second kappa shape index (κ2) is 13.9. The van der Waals surface area contributed by atoms with Gasteiger partial charge in [-0.1, -0.05) is 30.3 Å². The lowest BCUT2D eigenvalue weighted by molar-refractivity contribution is -0.143. The van der Waals surface area contributed by atoms with E-state index in [1.54, 1.807) is 0 Å². The Balaban J connectivity index is 1.63. The van der Waals surface area contributed by atoms with Crippen LogP contribution < -0.4 is 0 Å². The summed E-state index contributed by atoms with van der Waals surface area (Å²) in [7, 11) is 0. The van der Waals surface area contributed by atoms with Crippen molar-refractivity contribution in [2.75, 3.05) is 39.4 Å². The van der Waals surface area contributed by atoms with Gasteiger partial charge < -0.3 is 18.8 Å². The molecule has 0 bridgehead atoms. The van der Waals surface area contributed by atoms with E-state index in [-0.39, 0.29) is 24.5 Å². The third-order valence-corrected chi connectivity index (χ3v) is 6.01. The maximum atomic E-state index is 13.5. The molecule has 1 amide bonds. The molecule has 1 unspecified atom stereocenters. The fraction of sp³-hybridized carbons (Fsp3) is 0.556. The van der Waals surface area contributed by atoms with E-state index < -0.39 is 0 Å². The first kappa shape index (κ1) is 26.0. The number of carbonyl (C=O) groups is 2. The van der Waals surface area contributed by atoms with Crippen LogP contribution in [-0.2, 0) is 32.0 Å². The minimum Gasteiger partial charge on any atom is -0.466 e. The van der Waals surface area contributed by atoms with E-state index in [1.807, 2.05) is 49.1 Å². The van der Waals surface area contributed by atoms with Gasteiger partial charge in [0, 0.05) is 26.1 Å². The molecule has 0 radical (unpaired) electrons. The van der Waals surface area contributed by atoms with E-state index in [2.05, 4.69) is 17.0 Å². The van der Waals surface area contributed by atoms with E-state index in [0.717, 1.165) is 37.4 Å². The molecular weight excluding hydrogens is 432 g/mol. The molecule has 2 aromatic rings. The van der Waals surface area contributed by atoms with Crippen LogP contribution in [-0.4, -0.2) is 67.2 Å². The molecule has 1 atom stereocenters. The van der Waals surface area contributed by atoms with Crippen LogP contribution in [0.25, 0.3) is 0 Å². The fourth-order valence-electron chi connectivity index (χ4n) is 4.24. The van der Waals surface area contributed by atoms with E-state index >= 15 is 0 Å². The van der Waals surface area contributed by atoms with Crippen LogP contribution in [0.2, 0.25) is 0 Å². The van der Waals surface area contributed by atoms with E-state index in [9.17, 15) is 9.59 Å². The number of rotatable bonds is 14. The zero-order chi connectivity index (χ0) is 24.2. The van der Waals surface area contributed by atoms with Crippen molar-refractivity contribution in [1.82, 2.24) is 9.80 Å². The molecule has 0 spiro atoms. The topological polar surface area (TPSA) is 72.2 Å². The van der Waals surface area contributed by atoms with Crippen molar-refractivity contribution in [2.24, 2.45) is 0 Å². The number of ether oxygens (including phenoxy) is 2. The van der Waals surface area contributed by atoms with E-state index in [0.29, 0.717) is 45.6 Å². The van der Waals surface area contributed by atoms with Crippen molar-refractivity contribution in [3.05, 3.63) is 59.5 Å². The quantitative estimate of drug-likeness (QED) is 0.389. The fourth-order valence-corrected chi connectivity index (χ4v) is 4.24. The van der Waals surface area contributed by atoms with Gasteiger partial charge in [0.15, 0.2) is 0 Å². The summed E-state index contributed by atoms with van der Waals surface area (Å²) in [6.07, 6.45) is 3.98. The molecule has 34 heavy (non-hydrogen) atoms. The van der Waals surface area contributed by atoms with Crippen molar-refractivity contribution in [2.45, 2.75) is 58.6 Å². The zero-order valence-corrected chi connectivity index (χ0v) is 20.5. The third-order valence-electron chi connectivity index (χ3n) is 6.01. The molecule has 7 nitrogen and oxygen atoms in total. The molecule has 0 N–H and O–H groups in total. The monoisotopic (exact) mass is 470 g/mol. The van der Waals surface area contributed by atoms with Crippen molar-refractivity contribution in [1.29, 1.82) is 0 Å². The second-order valence-electron chi connectivity index (χ2n) is 8.84. The maximum Gasteiger partial charge on any atom is 0.305 e. The number of hydrogen-bond acceptors (Lipinski definition) is 6. The molecule has 1 fully saturated rings. The Morgan fingerprint density at radius 2 is 1.94 bits per heavy atom. The van der Waals surface area contributed by atoms with Gasteiger partial charge in [-0.15, -0.1) is 0 Å². The average molecular weight is 471 g/mol. The summed E-state index contributed by atoms with van der Waals surface area (Å²) in [5, 5.41) is 0. The molecule has 7 heteroatoms. The summed E-state index contributed by atoms with van der Waals surface area (Å²) in [5.74, 6) is 1.49. The predicted molar refractivity (Wildman–Crippen MR) is 130 cm³/mol. The molecule has 186 valence electrons. The minimum atomic E-state index is -0.191. The minimum absolute atomic E-state index is 0.0547. The van der Waals surface area contributed by atoms with Crippen LogP contribution >= 0.6 is 0 Å². The number of aryl methyl sites for hydroxylation is 1. The summed E-state index contributed by atoms with van der Waals surface area (Å²) in [6.45, 7) is 7.57. The van der Waals surface area contributed by atoms with Crippen LogP contribution in [0.5, 0.6) is 0 Å². The van der Waals surface area contributed by atoms with Gasteiger partial charge in [-0.05, 0) is 63.8 Å². The SMILES string of the molecule is CCOC(=O)CCCN(CC(=O)N(CCc1ccccc1)Cc1ccc(C)o1)CC1CCCO1. The number of amides is 1. The molecule has 1 aromatic carbocycles. The molecule has 0 aliphatic carbocycles. The van der Waals surface area contributed by atoms with Crippen LogP contribution in [0.15, 0.2) is 46.9 Å². The Morgan fingerprint density at radius 3 is 2.62 bits per heavy atom. The van der Waals surface area contributed by atoms with Gasteiger partial charge in [-0.25, -0.2) is 0 Å². The van der Waals surface area contributed by atoms with Gasteiger partial charge in [0.1, 0.15) is 11.5 Å². The first-order chi connectivity index (χ1) is 16.5. The predicted octanol–water partition coefficient (Wildman–Crippen LogP) is 3.98. The first-order valence-corrected chi connectivity index (χ1v) is 12.4. The molecule has 0 saturated carbocycles. The number of furan rings is 1. The van der Waals surface area contributed by atoms with Gasteiger partial charge in [0.25, 0.3) is 0 Å². The molecule has 2 heterocycles. The van der Waals surface area contributed by atoms with Crippen molar-refractivity contribution < 1.29 is 23.5 Å². The number of nitrogens with zero attached hydrogens (tertiary/aromatic N) is 2. The Morgan fingerprint density at radius 1 is 1.12 bits per heavy atom. The Hall–Kier alpha value is -2.64. The standard InChI is InChI=1S/C27H38N2O5/c1-3-32-27(31)12-7-16-28(19-24-11-8-18-33-24)21-26(30)29(20-25-14-13-22(2)34-25)17-15-23-9-5-4-6-10-23/h4-6,9-10,13-14,24H,3,7-8,11-12,15-21H2,1-2H3. The van der Waals surface area contributed by atoms with E-state index in [1.165, 1.54) is 5.56 Å². The molecule has 1 aliphatic heterocycles. The number of carbonyl (C=O) groups excluding carboxylic acids is 2. The van der Waals surface area contributed by atoms with E-state index in [4.69, 9.17) is 13.9 Å². The van der Waals surface area contributed by atoms with Crippen LogP contribution in [0, 0.1) is 6.92 Å². The first-order valence-electron chi connectivity index (χ1n) is 12.4. The van der Waals surface area contributed by atoms with Gasteiger partial charge in [-0.3, -0.25) is 14.5 Å². The van der Waals surface area contributed by atoms with Crippen molar-refractivity contribution in [3.63, 3.8) is 0 Å². The molecule has 1 saturated heterocycles. The Bertz CT molecular complexity index is 876. The van der Waals surface area contributed by atoms with Crippen LogP contribution in [0.4, 0.5) is 0 Å². The highest BCUT2D eigenvalue weighted by atomic mass is 16.5. The molecular formula is C27H38N2O5. The smallest absolute Gasteiger partial charge is 0.305 e. The normalized spacial score (nSPS) is 15.6. The lowest BCUT2D eigenvalue weighted by Crippen LogP contribution is -2.43. The lowest BCUT2D eigenvalue weighted by Gasteiger charge is -2.28. The number of esters is 1. The van der Waals surface area contributed by atoms with Gasteiger partial charge in [0.2, 0.25) is 5.91 Å². The lowest BCUT2D eigenvalue weighted by atomic mass is 10.1. The van der Waals surface area contributed by atoms with Crippen LogP contribution in [0.1, 0.15) is 49.7 Å². The van der Waals surface area contributed by atoms with Gasteiger partial charge in [0.05, 0.1) is 25.8 Å². The molecule has 3 rings (SSSR count). The van der Waals surface area contributed by atoms with Crippen LogP contribution in [0.3, 0.4) is 0 Å². The zero-order valence-electron chi connectivity index (χ0n) is 20.5. The van der Waals surface area contributed by atoms with Crippen molar-refractivity contribution in [3.8, 4) is 0 Å². The number of hydrogen-bond donors (Lipinski definition) is 0. The Labute approximate surface area is 203 Å². The molecule has 1 aliphatic rings. The van der Waals surface area contributed by atoms with Gasteiger partial charge >= 0.3 is 5.97 Å². The highest BCUT2D eigenvalue weighted by Crippen LogP contribution is 2.16. The van der Waals surface area contributed by atoms with Crippen molar-refractivity contribution >= 4 is 11.9 Å². The summed E-state index contributed by atoms with van der Waals surface area (Å²) in [5.41, 5.74) is 1.20. The largest absolute Gasteiger partial charge is 0.466 e. The summed E-state index contributed by atoms with van der Waals surface area (Å²) < 4.78 is 16.6. The highest BCUT2D eigenvalue weighted by molar-refractivity contribution is 5.78.